The lowest BCUT2D eigenvalue weighted by Crippen LogP contribution is -2.37. The number of amides is 2. The van der Waals surface area contributed by atoms with Gasteiger partial charge >= 0.3 is 6.03 Å². The van der Waals surface area contributed by atoms with Gasteiger partial charge in [-0.25, -0.2) is 4.79 Å². The molecule has 2 aromatic rings. The second-order valence-corrected chi connectivity index (χ2v) is 7.05. The zero-order valence-electron chi connectivity index (χ0n) is 16.2. The SMILES string of the molecule is COc1cccc(CCNC(=O)NCCc2c3c(cc4c2OCC4)OCC3)c1. The number of benzene rings is 2. The standard InChI is InChI=1S/C22H26N2O4/c1-26-17-4-2-3-15(13-17)5-9-23-22(25)24-10-6-19-18-8-12-27-20(18)14-16-7-11-28-21(16)19/h2-4,13-14H,5-12H2,1H3,(H2,23,24,25). The summed E-state index contributed by atoms with van der Waals surface area (Å²) in [6.45, 7) is 2.59. The Kier molecular flexibility index (Phi) is 5.55. The molecule has 4 rings (SSSR count). The minimum Gasteiger partial charge on any atom is -0.497 e. The van der Waals surface area contributed by atoms with Gasteiger partial charge in [-0.15, -0.1) is 0 Å². The van der Waals surface area contributed by atoms with Crippen molar-refractivity contribution in [3.05, 3.63) is 52.6 Å². The fourth-order valence-corrected chi connectivity index (χ4v) is 3.86. The highest BCUT2D eigenvalue weighted by atomic mass is 16.5. The Bertz CT molecular complexity index is 834. The largest absolute Gasteiger partial charge is 0.497 e. The van der Waals surface area contributed by atoms with E-state index in [1.807, 2.05) is 24.3 Å². The van der Waals surface area contributed by atoms with Crippen molar-refractivity contribution in [1.82, 2.24) is 10.6 Å². The predicted molar refractivity (Wildman–Crippen MR) is 107 cm³/mol. The quantitative estimate of drug-likeness (QED) is 0.773. The van der Waals surface area contributed by atoms with Crippen LogP contribution >= 0.6 is 0 Å². The minimum atomic E-state index is -0.149. The first-order valence-corrected chi connectivity index (χ1v) is 9.82. The molecule has 0 saturated carbocycles. The van der Waals surface area contributed by atoms with Gasteiger partial charge in [0, 0.05) is 42.6 Å². The monoisotopic (exact) mass is 382 g/mol. The van der Waals surface area contributed by atoms with E-state index in [2.05, 4.69) is 16.7 Å². The maximum Gasteiger partial charge on any atom is 0.314 e. The van der Waals surface area contributed by atoms with Crippen molar-refractivity contribution in [2.75, 3.05) is 33.4 Å². The highest BCUT2D eigenvalue weighted by molar-refractivity contribution is 5.73. The van der Waals surface area contributed by atoms with Gasteiger partial charge in [-0.3, -0.25) is 0 Å². The van der Waals surface area contributed by atoms with Gasteiger partial charge in [0.05, 0.1) is 20.3 Å². The third kappa shape index (κ3) is 4.01. The number of rotatable bonds is 7. The summed E-state index contributed by atoms with van der Waals surface area (Å²) < 4.78 is 16.8. The van der Waals surface area contributed by atoms with Crippen LogP contribution in [-0.2, 0) is 25.7 Å². The van der Waals surface area contributed by atoms with E-state index in [0.717, 1.165) is 61.7 Å². The molecule has 2 aromatic carbocycles. The third-order valence-electron chi connectivity index (χ3n) is 5.25. The molecule has 0 unspecified atom stereocenters. The Morgan fingerprint density at radius 1 is 1.07 bits per heavy atom. The maximum atomic E-state index is 12.1. The van der Waals surface area contributed by atoms with Crippen molar-refractivity contribution >= 4 is 6.03 Å². The average Bonchev–Trinajstić information content (AvgIpc) is 3.36. The van der Waals surface area contributed by atoms with Crippen LogP contribution in [0.25, 0.3) is 0 Å². The number of hydrogen-bond acceptors (Lipinski definition) is 4. The van der Waals surface area contributed by atoms with Crippen molar-refractivity contribution in [2.45, 2.75) is 25.7 Å². The fourth-order valence-electron chi connectivity index (χ4n) is 3.86. The molecule has 0 saturated heterocycles. The summed E-state index contributed by atoms with van der Waals surface area (Å²) in [5.74, 6) is 2.82. The van der Waals surface area contributed by atoms with Crippen LogP contribution in [0.3, 0.4) is 0 Å². The minimum absolute atomic E-state index is 0.149. The topological polar surface area (TPSA) is 68.8 Å². The molecule has 2 heterocycles. The number of nitrogens with one attached hydrogen (secondary N) is 2. The molecule has 2 N–H and O–H groups in total. The number of carbonyl (C=O) groups is 1. The average molecular weight is 382 g/mol. The molecule has 6 nitrogen and oxygen atoms in total. The molecule has 0 radical (unpaired) electrons. The summed E-state index contributed by atoms with van der Waals surface area (Å²) in [6.07, 6.45) is 3.35. The van der Waals surface area contributed by atoms with Crippen LogP contribution in [0.2, 0.25) is 0 Å². The number of fused-ring (bicyclic) bond motifs is 2. The Balaban J connectivity index is 1.26. The second kappa shape index (κ2) is 8.42. The first kappa shape index (κ1) is 18.5. The Morgan fingerprint density at radius 3 is 2.75 bits per heavy atom. The van der Waals surface area contributed by atoms with Gasteiger partial charge in [0.1, 0.15) is 17.2 Å². The number of methoxy groups -OCH3 is 1. The third-order valence-corrected chi connectivity index (χ3v) is 5.25. The molecule has 6 heteroatoms. The molecular formula is C22H26N2O4. The maximum absolute atomic E-state index is 12.1. The van der Waals surface area contributed by atoms with Gasteiger partial charge in [0.15, 0.2) is 0 Å². The summed E-state index contributed by atoms with van der Waals surface area (Å²) >= 11 is 0. The van der Waals surface area contributed by atoms with Crippen LogP contribution in [0.15, 0.2) is 30.3 Å². The molecule has 0 bridgehead atoms. The molecule has 2 aliphatic heterocycles. The van der Waals surface area contributed by atoms with Gasteiger partial charge in [-0.2, -0.15) is 0 Å². The van der Waals surface area contributed by atoms with Crippen LogP contribution in [0.4, 0.5) is 4.79 Å². The predicted octanol–water partition coefficient (Wildman–Crippen LogP) is 2.65. The Morgan fingerprint density at radius 2 is 1.89 bits per heavy atom. The smallest absolute Gasteiger partial charge is 0.314 e. The summed E-state index contributed by atoms with van der Waals surface area (Å²) in [5, 5.41) is 5.86. The molecule has 0 aliphatic carbocycles. The van der Waals surface area contributed by atoms with E-state index in [1.54, 1.807) is 7.11 Å². The van der Waals surface area contributed by atoms with Crippen LogP contribution in [0.1, 0.15) is 22.3 Å². The zero-order chi connectivity index (χ0) is 19.3. The van der Waals surface area contributed by atoms with E-state index in [1.165, 1.54) is 16.7 Å². The van der Waals surface area contributed by atoms with Gasteiger partial charge in [0.25, 0.3) is 0 Å². The molecule has 2 amide bonds. The highest BCUT2D eigenvalue weighted by Crippen LogP contribution is 2.40. The Hall–Kier alpha value is -2.89. The molecule has 2 aliphatic rings. The number of hydrogen-bond donors (Lipinski definition) is 2. The van der Waals surface area contributed by atoms with Crippen LogP contribution < -0.4 is 24.8 Å². The van der Waals surface area contributed by atoms with E-state index in [9.17, 15) is 4.79 Å². The molecule has 148 valence electrons. The summed E-state index contributed by atoms with van der Waals surface area (Å²) in [4.78, 5) is 12.1. The summed E-state index contributed by atoms with van der Waals surface area (Å²) in [6, 6.07) is 9.85. The highest BCUT2D eigenvalue weighted by Gasteiger charge is 2.26. The lowest BCUT2D eigenvalue weighted by molar-refractivity contribution is 0.241. The van der Waals surface area contributed by atoms with Crippen molar-refractivity contribution in [1.29, 1.82) is 0 Å². The molecule has 0 fully saturated rings. The molecule has 0 spiro atoms. The second-order valence-electron chi connectivity index (χ2n) is 7.05. The van der Waals surface area contributed by atoms with E-state index >= 15 is 0 Å². The summed E-state index contributed by atoms with van der Waals surface area (Å²) in [7, 11) is 1.65. The van der Waals surface area contributed by atoms with E-state index < -0.39 is 0 Å². The Labute approximate surface area is 165 Å². The number of urea groups is 1. The first-order valence-electron chi connectivity index (χ1n) is 9.82. The van der Waals surface area contributed by atoms with Gasteiger partial charge in [-0.1, -0.05) is 12.1 Å². The van der Waals surface area contributed by atoms with Crippen LogP contribution in [0, 0.1) is 0 Å². The van der Waals surface area contributed by atoms with Crippen molar-refractivity contribution in [3.8, 4) is 17.2 Å². The number of carbonyl (C=O) groups excluding carboxylic acids is 1. The van der Waals surface area contributed by atoms with Gasteiger partial charge in [-0.05, 0) is 36.6 Å². The van der Waals surface area contributed by atoms with Crippen LogP contribution in [-0.4, -0.2) is 39.4 Å². The van der Waals surface area contributed by atoms with E-state index in [-0.39, 0.29) is 6.03 Å². The zero-order valence-corrected chi connectivity index (χ0v) is 16.2. The normalized spacial score (nSPS) is 13.9. The lowest BCUT2D eigenvalue weighted by Gasteiger charge is -2.13. The lowest BCUT2D eigenvalue weighted by atomic mass is 9.97. The first-order chi connectivity index (χ1) is 13.7. The van der Waals surface area contributed by atoms with Crippen molar-refractivity contribution in [3.63, 3.8) is 0 Å². The van der Waals surface area contributed by atoms with E-state index in [4.69, 9.17) is 14.2 Å². The molecule has 28 heavy (non-hydrogen) atoms. The van der Waals surface area contributed by atoms with E-state index in [0.29, 0.717) is 13.1 Å². The van der Waals surface area contributed by atoms with Gasteiger partial charge < -0.3 is 24.8 Å². The van der Waals surface area contributed by atoms with Crippen LogP contribution in [0.5, 0.6) is 17.2 Å². The van der Waals surface area contributed by atoms with Gasteiger partial charge in [0.2, 0.25) is 0 Å². The van der Waals surface area contributed by atoms with Crippen molar-refractivity contribution < 1.29 is 19.0 Å². The molecular weight excluding hydrogens is 356 g/mol. The number of ether oxygens (including phenoxy) is 3. The molecule has 0 aromatic heterocycles. The summed E-state index contributed by atoms with van der Waals surface area (Å²) in [5.41, 5.74) is 4.78. The molecule has 0 atom stereocenters. The van der Waals surface area contributed by atoms with Crippen molar-refractivity contribution in [2.24, 2.45) is 0 Å². The fraction of sp³-hybridized carbons (Fsp3) is 0.409.